The van der Waals surface area contributed by atoms with E-state index >= 15 is 0 Å². The fourth-order valence-electron chi connectivity index (χ4n) is 5.91. The van der Waals surface area contributed by atoms with Crippen LogP contribution in [0, 0.1) is 0 Å². The number of nitrogens with zero attached hydrogens (tertiary/aromatic N) is 4. The van der Waals surface area contributed by atoms with E-state index in [2.05, 4.69) is 11.9 Å². The Labute approximate surface area is 264 Å². The first-order chi connectivity index (χ1) is 21.7. The number of rotatable bonds is 12. The van der Waals surface area contributed by atoms with Crippen molar-refractivity contribution in [2.24, 2.45) is 0 Å². The standard InChI is InChI=1S/C34H41N5O6/c1-5-7-11-25(6-2)28(26-12-9-8-10-13-26)21-37-22-30-38(29(33(37)43)18-19-32(41)42)31(40)23-36(3)39(30)34(44)35-20-24-14-16-27(45-4)17-15-24/h5-17,28-30H,1,18-23H2,2-4H3,(H,35,44)(H,41,42)/b11-7-,25-6+/t28?,29-,30-/m0/s1. The third kappa shape index (κ3) is 7.79. The molecule has 45 heavy (non-hydrogen) atoms. The van der Waals surface area contributed by atoms with Crippen molar-refractivity contribution in [1.82, 2.24) is 25.1 Å². The Balaban J connectivity index is 1.67. The maximum Gasteiger partial charge on any atom is 0.334 e. The number of piperazine rings is 1. The molecule has 238 valence electrons. The molecule has 4 amide bonds. The number of fused-ring (bicyclic) bond motifs is 1. The maximum absolute atomic E-state index is 14.1. The summed E-state index contributed by atoms with van der Waals surface area (Å²) in [4.78, 5) is 55.9. The van der Waals surface area contributed by atoms with Crippen molar-refractivity contribution < 1.29 is 29.0 Å². The van der Waals surface area contributed by atoms with Crippen molar-refractivity contribution in [3.05, 3.63) is 102 Å². The van der Waals surface area contributed by atoms with Gasteiger partial charge >= 0.3 is 12.0 Å². The van der Waals surface area contributed by atoms with Gasteiger partial charge in [0.15, 0.2) is 0 Å². The second-order valence-corrected chi connectivity index (χ2v) is 11.0. The van der Waals surface area contributed by atoms with E-state index < -0.39 is 24.2 Å². The van der Waals surface area contributed by atoms with E-state index in [0.717, 1.165) is 16.7 Å². The molecule has 2 aliphatic heterocycles. The van der Waals surface area contributed by atoms with E-state index in [1.165, 1.54) is 9.91 Å². The lowest BCUT2D eigenvalue weighted by Gasteiger charge is -2.54. The van der Waals surface area contributed by atoms with Gasteiger partial charge in [-0.25, -0.2) is 14.8 Å². The van der Waals surface area contributed by atoms with Gasteiger partial charge in [0.05, 0.1) is 20.2 Å². The van der Waals surface area contributed by atoms with Gasteiger partial charge in [0, 0.05) is 32.5 Å². The Hall–Kier alpha value is -4.90. The van der Waals surface area contributed by atoms with E-state index in [-0.39, 0.29) is 56.8 Å². The van der Waals surface area contributed by atoms with E-state index in [1.807, 2.05) is 67.6 Å². The number of carboxylic acids is 1. The lowest BCUT2D eigenvalue weighted by molar-refractivity contribution is -0.187. The molecule has 0 spiro atoms. The van der Waals surface area contributed by atoms with Crippen LogP contribution < -0.4 is 10.1 Å². The summed E-state index contributed by atoms with van der Waals surface area (Å²) in [7, 11) is 3.23. The first-order valence-electron chi connectivity index (χ1n) is 14.9. The maximum atomic E-state index is 14.1. The summed E-state index contributed by atoms with van der Waals surface area (Å²) in [6.45, 7) is 6.12. The zero-order valence-corrected chi connectivity index (χ0v) is 26.0. The van der Waals surface area contributed by atoms with Gasteiger partial charge in [0.2, 0.25) is 11.8 Å². The van der Waals surface area contributed by atoms with Gasteiger partial charge < -0.3 is 25.0 Å². The van der Waals surface area contributed by atoms with Crippen LogP contribution in [-0.4, -0.2) is 94.7 Å². The van der Waals surface area contributed by atoms with Crippen LogP contribution in [0.3, 0.4) is 0 Å². The largest absolute Gasteiger partial charge is 0.497 e. The third-order valence-electron chi connectivity index (χ3n) is 8.15. The van der Waals surface area contributed by atoms with Crippen molar-refractivity contribution in [2.75, 3.05) is 33.8 Å². The fraction of sp³-hybridized carbons (Fsp3) is 0.353. The fourth-order valence-corrected chi connectivity index (χ4v) is 5.91. The van der Waals surface area contributed by atoms with Crippen molar-refractivity contribution >= 4 is 23.8 Å². The van der Waals surface area contributed by atoms with Gasteiger partial charge in [-0.2, -0.15) is 0 Å². The van der Waals surface area contributed by atoms with Gasteiger partial charge in [-0.05, 0) is 42.2 Å². The first-order valence-corrected chi connectivity index (χ1v) is 14.9. The van der Waals surface area contributed by atoms with Gasteiger partial charge in [0.1, 0.15) is 18.0 Å². The van der Waals surface area contributed by atoms with E-state index in [1.54, 1.807) is 42.3 Å². The summed E-state index contributed by atoms with van der Waals surface area (Å²) >= 11 is 0. The van der Waals surface area contributed by atoms with Gasteiger partial charge in [-0.1, -0.05) is 73.3 Å². The minimum absolute atomic E-state index is 0.0555. The number of carbonyl (C=O) groups is 4. The summed E-state index contributed by atoms with van der Waals surface area (Å²) in [6, 6.07) is 15.6. The molecule has 4 rings (SSSR count). The number of hydrazine groups is 1. The van der Waals surface area contributed by atoms with E-state index in [9.17, 15) is 24.3 Å². The monoisotopic (exact) mass is 615 g/mol. The highest BCUT2D eigenvalue weighted by Crippen LogP contribution is 2.32. The second-order valence-electron chi connectivity index (χ2n) is 11.0. The number of urea groups is 1. The molecule has 2 N–H and O–H groups in total. The molecule has 11 heteroatoms. The molecule has 11 nitrogen and oxygen atoms in total. The smallest absolute Gasteiger partial charge is 0.334 e. The summed E-state index contributed by atoms with van der Waals surface area (Å²) < 4.78 is 5.21. The van der Waals surface area contributed by atoms with Crippen molar-refractivity contribution in [2.45, 2.75) is 44.4 Å². The molecule has 2 fully saturated rings. The SMILES string of the molecule is C=C/C=C\C(=C/C)C(CN1C[C@H]2N(C(=O)CN(C)N2C(=O)NCc2ccc(OC)cc2)[C@@H](CCC(=O)O)C1=O)c1ccccc1. The van der Waals surface area contributed by atoms with Crippen LogP contribution in [-0.2, 0) is 20.9 Å². The number of nitrogens with one attached hydrogen (secondary N) is 1. The highest BCUT2D eigenvalue weighted by Gasteiger charge is 2.51. The van der Waals surface area contributed by atoms with Crippen molar-refractivity contribution in [3.8, 4) is 5.75 Å². The Morgan fingerprint density at radius 3 is 2.47 bits per heavy atom. The number of hydrogen-bond donors (Lipinski definition) is 2. The molecule has 0 bridgehead atoms. The summed E-state index contributed by atoms with van der Waals surface area (Å²) in [6.07, 6.45) is 6.25. The topological polar surface area (TPSA) is 123 Å². The minimum atomic E-state index is -1.07. The number of carbonyl (C=O) groups excluding carboxylic acids is 3. The van der Waals surface area contributed by atoms with Crippen molar-refractivity contribution in [1.29, 1.82) is 0 Å². The molecule has 3 atom stereocenters. The second kappa shape index (κ2) is 15.2. The number of hydrogen-bond acceptors (Lipinski definition) is 6. The number of allylic oxidation sites excluding steroid dienone is 4. The molecule has 1 unspecified atom stereocenters. The summed E-state index contributed by atoms with van der Waals surface area (Å²) in [5.74, 6) is -1.28. The van der Waals surface area contributed by atoms with Crippen LogP contribution in [0.25, 0.3) is 0 Å². The predicted octanol–water partition coefficient (Wildman–Crippen LogP) is 3.77. The van der Waals surface area contributed by atoms with Crippen LogP contribution in [0.2, 0.25) is 0 Å². The minimum Gasteiger partial charge on any atom is -0.497 e. The van der Waals surface area contributed by atoms with Gasteiger partial charge in [-0.3, -0.25) is 14.4 Å². The number of ether oxygens (including phenoxy) is 1. The molecule has 2 aliphatic rings. The zero-order chi connectivity index (χ0) is 32.5. The molecule has 2 aromatic carbocycles. The molecule has 0 aromatic heterocycles. The molecule has 0 radical (unpaired) electrons. The molecular formula is C34H41N5O6. The quantitative estimate of drug-likeness (QED) is 0.349. The molecule has 2 saturated heterocycles. The number of amides is 4. The number of methoxy groups -OCH3 is 1. The normalized spacial score (nSPS) is 19.8. The Morgan fingerprint density at radius 2 is 1.84 bits per heavy atom. The van der Waals surface area contributed by atoms with Crippen LogP contribution in [0.1, 0.15) is 36.8 Å². The lowest BCUT2D eigenvalue weighted by atomic mass is 9.89. The molecular weight excluding hydrogens is 574 g/mol. The van der Waals surface area contributed by atoms with Crippen LogP contribution in [0.5, 0.6) is 5.75 Å². The Kier molecular flexibility index (Phi) is 11.2. The summed E-state index contributed by atoms with van der Waals surface area (Å²) in [5.41, 5.74) is 2.81. The third-order valence-corrected chi connectivity index (χ3v) is 8.15. The number of likely N-dealkylation sites (N-methyl/N-ethyl adjacent to an activating group) is 1. The average molecular weight is 616 g/mol. The highest BCUT2D eigenvalue weighted by molar-refractivity contribution is 5.91. The number of benzene rings is 2. The molecule has 0 saturated carbocycles. The van der Waals surface area contributed by atoms with Crippen LogP contribution in [0.15, 0.2) is 91.1 Å². The van der Waals surface area contributed by atoms with Crippen molar-refractivity contribution in [3.63, 3.8) is 0 Å². The Bertz CT molecular complexity index is 1440. The van der Waals surface area contributed by atoms with E-state index in [0.29, 0.717) is 5.75 Å². The first kappa shape index (κ1) is 33.0. The lowest BCUT2D eigenvalue weighted by Crippen LogP contribution is -2.76. The van der Waals surface area contributed by atoms with Crippen LogP contribution in [0.4, 0.5) is 4.79 Å². The van der Waals surface area contributed by atoms with Crippen LogP contribution >= 0.6 is 0 Å². The summed E-state index contributed by atoms with van der Waals surface area (Å²) in [5, 5.41) is 15.4. The average Bonchev–Trinajstić information content (AvgIpc) is 3.04. The zero-order valence-electron chi connectivity index (χ0n) is 26.0. The predicted molar refractivity (Wildman–Crippen MR) is 170 cm³/mol. The Morgan fingerprint density at radius 1 is 1.13 bits per heavy atom. The van der Waals surface area contributed by atoms with Gasteiger partial charge in [0.25, 0.3) is 0 Å². The molecule has 0 aliphatic carbocycles. The molecule has 2 aromatic rings. The number of aliphatic carboxylic acids is 1. The molecule has 2 heterocycles. The number of carboxylic acid groups (broad SMARTS) is 1. The highest BCUT2D eigenvalue weighted by atomic mass is 16.5. The van der Waals surface area contributed by atoms with E-state index in [4.69, 9.17) is 4.74 Å². The van der Waals surface area contributed by atoms with Gasteiger partial charge in [-0.15, -0.1) is 0 Å².